The van der Waals surface area contributed by atoms with E-state index >= 15 is 0 Å². The van der Waals surface area contributed by atoms with Gasteiger partial charge in [0, 0.05) is 34.2 Å². The summed E-state index contributed by atoms with van der Waals surface area (Å²) < 4.78 is 12.1. The van der Waals surface area contributed by atoms with Crippen molar-refractivity contribution in [2.45, 2.75) is 48.8 Å². The van der Waals surface area contributed by atoms with Gasteiger partial charge in [0.05, 0.1) is 29.2 Å². The van der Waals surface area contributed by atoms with Gasteiger partial charge in [-0.25, -0.2) is 0 Å². The van der Waals surface area contributed by atoms with Crippen LogP contribution in [0.15, 0.2) is 52.3 Å². The molecule has 1 N–H and O–H groups in total. The molecule has 2 saturated heterocycles. The number of likely N-dealkylation sites (tertiary alicyclic amines) is 1. The molecule has 2 aliphatic carbocycles. The molecule has 5 aliphatic rings. The first-order chi connectivity index (χ1) is 22.3. The zero-order valence-electron chi connectivity index (χ0n) is 25.3. The van der Waals surface area contributed by atoms with Crippen molar-refractivity contribution in [1.82, 2.24) is 9.88 Å². The lowest BCUT2D eigenvalue weighted by molar-refractivity contribution is -0.134. The summed E-state index contributed by atoms with van der Waals surface area (Å²) in [5, 5.41) is 1.47. The van der Waals surface area contributed by atoms with Gasteiger partial charge in [-0.1, -0.05) is 29.0 Å². The van der Waals surface area contributed by atoms with Gasteiger partial charge in [-0.2, -0.15) is 0 Å². The number of fused-ring (bicyclic) bond motifs is 9. The van der Waals surface area contributed by atoms with Gasteiger partial charge in [0.15, 0.2) is 18.1 Å². The number of amides is 3. The fourth-order valence-corrected chi connectivity index (χ4v) is 11.7. The monoisotopic (exact) mass is 679 g/mol. The number of rotatable bonds is 7. The number of ether oxygens (including phenoxy) is 2. The van der Waals surface area contributed by atoms with Crippen molar-refractivity contribution in [2.24, 2.45) is 29.6 Å². The Labute approximate surface area is 279 Å². The lowest BCUT2D eigenvalue weighted by atomic mass is 9.68. The van der Waals surface area contributed by atoms with Gasteiger partial charge in [-0.3, -0.25) is 24.1 Å². The van der Waals surface area contributed by atoms with E-state index in [4.69, 9.17) is 21.1 Å². The molecule has 4 heterocycles. The molecule has 12 heteroatoms. The van der Waals surface area contributed by atoms with E-state index in [0.717, 1.165) is 54.2 Å². The highest BCUT2D eigenvalue weighted by Crippen LogP contribution is 2.68. The summed E-state index contributed by atoms with van der Waals surface area (Å²) in [7, 11) is 0. The third-order valence-corrected chi connectivity index (χ3v) is 13.3. The minimum Gasteiger partial charge on any atom is -0.490 e. The van der Waals surface area contributed by atoms with Crippen LogP contribution in [-0.4, -0.2) is 59.2 Å². The van der Waals surface area contributed by atoms with Gasteiger partial charge in [0.2, 0.25) is 11.8 Å². The first-order valence-corrected chi connectivity index (χ1v) is 18.1. The van der Waals surface area contributed by atoms with Crippen molar-refractivity contribution in [3.63, 3.8) is 0 Å². The normalized spacial score (nSPS) is 29.5. The molecule has 240 valence electrons. The van der Waals surface area contributed by atoms with Crippen LogP contribution in [0.1, 0.15) is 49.0 Å². The SMILES string of the molecule is CCOc1cc([C@@H]2c3sc(=O)[nH]c3S[C@@H]3[C@@H]4C[C@@H]([C@@H]5C(=O)N(c6ccc(Cl)cc6)C(=O)[C@@H]45)[C@H]23)ccc1OCC(=O)N1CCCCC1. The van der Waals surface area contributed by atoms with E-state index in [0.29, 0.717) is 28.8 Å². The number of benzene rings is 2. The first kappa shape index (κ1) is 30.1. The standard InChI is InChI=1S/C34H34ClN3O6S2/c1-2-43-23-14-17(6-11-22(23)44-16-24(39)37-12-4-3-5-13-37)25-26-20-15-21(29(26)45-31-30(25)46-34(42)36-31)28-27(20)32(40)38(33(28)41)19-9-7-18(35)8-10-19/h6-11,14,20-21,25-29H,2-5,12-13,15-16H2,1H3,(H,36,42)/t20-,21-,25+,26-,27+,28+,29-/m1/s1. The van der Waals surface area contributed by atoms with Gasteiger partial charge >= 0.3 is 4.87 Å². The second kappa shape index (κ2) is 11.8. The summed E-state index contributed by atoms with van der Waals surface area (Å²) in [5.74, 6) is -0.113. The Morgan fingerprint density at radius 3 is 2.43 bits per heavy atom. The molecule has 9 nitrogen and oxygen atoms in total. The molecule has 0 spiro atoms. The molecule has 1 aromatic heterocycles. The van der Waals surface area contributed by atoms with Gasteiger partial charge < -0.3 is 19.4 Å². The van der Waals surface area contributed by atoms with Crippen molar-refractivity contribution >= 4 is 58.1 Å². The number of aromatic amines is 1. The molecule has 8 rings (SSSR count). The van der Waals surface area contributed by atoms with Gasteiger partial charge in [-0.05, 0) is 92.3 Å². The molecule has 2 bridgehead atoms. The summed E-state index contributed by atoms with van der Waals surface area (Å²) in [6, 6.07) is 12.7. The van der Waals surface area contributed by atoms with Crippen LogP contribution in [0, 0.1) is 29.6 Å². The zero-order chi connectivity index (χ0) is 31.7. The van der Waals surface area contributed by atoms with Crippen LogP contribution in [0.3, 0.4) is 0 Å². The summed E-state index contributed by atoms with van der Waals surface area (Å²) in [6.07, 6.45) is 3.98. The van der Waals surface area contributed by atoms with E-state index in [1.807, 2.05) is 30.0 Å². The van der Waals surface area contributed by atoms with Crippen LogP contribution >= 0.6 is 34.7 Å². The van der Waals surface area contributed by atoms with E-state index < -0.39 is 5.92 Å². The lowest BCUT2D eigenvalue weighted by Crippen LogP contribution is -2.42. The third kappa shape index (κ3) is 4.80. The minimum absolute atomic E-state index is 0.00904. The molecule has 46 heavy (non-hydrogen) atoms. The number of imide groups is 1. The summed E-state index contributed by atoms with van der Waals surface area (Å²) in [5.41, 5.74) is 1.53. The zero-order valence-corrected chi connectivity index (χ0v) is 27.7. The van der Waals surface area contributed by atoms with Crippen LogP contribution in [0.4, 0.5) is 5.69 Å². The maximum Gasteiger partial charge on any atom is 0.305 e. The van der Waals surface area contributed by atoms with E-state index in [2.05, 4.69) is 4.98 Å². The molecule has 3 aromatic rings. The molecular formula is C34H34ClN3O6S2. The topological polar surface area (TPSA) is 109 Å². The summed E-state index contributed by atoms with van der Waals surface area (Å²) >= 11 is 8.98. The van der Waals surface area contributed by atoms with Crippen LogP contribution in [0.25, 0.3) is 0 Å². The molecule has 3 amide bonds. The molecule has 2 aromatic carbocycles. The number of anilines is 1. The summed E-state index contributed by atoms with van der Waals surface area (Å²) in [6.45, 7) is 3.80. The smallest absolute Gasteiger partial charge is 0.305 e. The quantitative estimate of drug-likeness (QED) is 0.326. The Morgan fingerprint density at radius 1 is 0.957 bits per heavy atom. The number of nitrogens with zero attached hydrogens (tertiary/aromatic N) is 2. The van der Waals surface area contributed by atoms with Crippen molar-refractivity contribution in [3.8, 4) is 11.5 Å². The number of hydrogen-bond donors (Lipinski definition) is 1. The average Bonchev–Trinajstić information content (AvgIpc) is 3.80. The largest absolute Gasteiger partial charge is 0.490 e. The number of carbonyl (C=O) groups is 3. The maximum absolute atomic E-state index is 14.0. The lowest BCUT2D eigenvalue weighted by Gasteiger charge is -2.43. The van der Waals surface area contributed by atoms with Gasteiger partial charge in [0.1, 0.15) is 0 Å². The fraction of sp³-hybridized carbons (Fsp3) is 0.471. The molecular weight excluding hydrogens is 646 g/mol. The van der Waals surface area contributed by atoms with Gasteiger partial charge in [0.25, 0.3) is 5.91 Å². The van der Waals surface area contributed by atoms with Crippen molar-refractivity contribution in [1.29, 1.82) is 0 Å². The van der Waals surface area contributed by atoms with E-state index in [9.17, 15) is 19.2 Å². The minimum atomic E-state index is -0.399. The molecule has 0 unspecified atom stereocenters. The Balaban J connectivity index is 1.12. The number of nitrogens with one attached hydrogen (secondary N) is 1. The van der Waals surface area contributed by atoms with Crippen molar-refractivity contribution in [2.75, 3.05) is 31.2 Å². The molecule has 2 saturated carbocycles. The van der Waals surface area contributed by atoms with E-state index in [1.165, 1.54) is 16.2 Å². The van der Waals surface area contributed by atoms with Crippen LogP contribution < -0.4 is 19.2 Å². The number of H-pyrrole nitrogens is 1. The Morgan fingerprint density at radius 2 is 1.70 bits per heavy atom. The number of halogens is 1. The molecule has 3 aliphatic heterocycles. The molecule has 7 atom stereocenters. The Hall–Kier alpha value is -3.28. The molecule has 0 radical (unpaired) electrons. The number of carbonyl (C=O) groups excluding carboxylic acids is 3. The summed E-state index contributed by atoms with van der Waals surface area (Å²) in [4.78, 5) is 60.5. The van der Waals surface area contributed by atoms with E-state index in [1.54, 1.807) is 36.0 Å². The number of thiazole rings is 1. The first-order valence-electron chi connectivity index (χ1n) is 16.0. The maximum atomic E-state index is 14.0. The second-order valence-corrected chi connectivity index (χ2v) is 15.5. The predicted molar refractivity (Wildman–Crippen MR) is 176 cm³/mol. The number of thioether (sulfide) groups is 1. The number of hydrogen-bond acceptors (Lipinski definition) is 8. The Bertz CT molecular complexity index is 1770. The van der Waals surface area contributed by atoms with Crippen LogP contribution in [0.2, 0.25) is 5.02 Å². The molecule has 4 fully saturated rings. The highest BCUT2D eigenvalue weighted by molar-refractivity contribution is 8.00. The highest BCUT2D eigenvalue weighted by Gasteiger charge is 2.69. The van der Waals surface area contributed by atoms with E-state index in [-0.39, 0.29) is 64.0 Å². The predicted octanol–water partition coefficient (Wildman–Crippen LogP) is 5.56. The van der Waals surface area contributed by atoms with Gasteiger partial charge in [-0.15, -0.1) is 11.8 Å². The third-order valence-electron chi connectivity index (χ3n) is 10.5. The number of piperidine rings is 1. The average molecular weight is 680 g/mol. The van der Waals surface area contributed by atoms with Crippen molar-refractivity contribution < 1.29 is 23.9 Å². The highest BCUT2D eigenvalue weighted by atomic mass is 35.5. The second-order valence-electron chi connectivity index (χ2n) is 12.8. The van der Waals surface area contributed by atoms with Crippen LogP contribution in [-0.2, 0) is 14.4 Å². The van der Waals surface area contributed by atoms with Crippen LogP contribution in [0.5, 0.6) is 11.5 Å². The fourth-order valence-electron chi connectivity index (χ4n) is 8.71. The Kier molecular flexibility index (Phi) is 7.68. The van der Waals surface area contributed by atoms with Crippen molar-refractivity contribution in [3.05, 3.63) is 67.6 Å². The number of aromatic nitrogens is 1.